The third-order valence-corrected chi connectivity index (χ3v) is 2.98. The molecule has 0 aliphatic heterocycles. The Morgan fingerprint density at radius 2 is 2.20 bits per heavy atom. The fraction of sp³-hybridized carbons (Fsp3) is 0.625. The van der Waals surface area contributed by atoms with E-state index in [0.717, 1.165) is 12.0 Å². The molecular weight excluding hydrogens is 216 g/mol. The molecule has 0 bridgehead atoms. The van der Waals surface area contributed by atoms with Crippen LogP contribution in [-0.4, -0.2) is 24.7 Å². The Bertz CT molecular complexity index is 410. The molecule has 0 aliphatic carbocycles. The molecule has 0 radical (unpaired) electrons. The lowest BCUT2D eigenvalue weighted by molar-refractivity contribution is 0.575. The molecule has 86 valence electrons. The summed E-state index contributed by atoms with van der Waals surface area (Å²) >= 11 is 0. The zero-order chi connectivity index (χ0) is 11.5. The smallest absolute Gasteiger partial charge is 0.262 e. The minimum Gasteiger partial charge on any atom is -0.262 e. The molecule has 1 aromatic rings. The van der Waals surface area contributed by atoms with Gasteiger partial charge in [0.15, 0.2) is 0 Å². The van der Waals surface area contributed by atoms with Gasteiger partial charge in [-0.05, 0) is 20.3 Å². The van der Waals surface area contributed by atoms with Crippen molar-refractivity contribution in [3.63, 3.8) is 0 Å². The lowest BCUT2D eigenvalue weighted by Gasteiger charge is -2.10. The van der Waals surface area contributed by atoms with Gasteiger partial charge in [-0.25, -0.2) is 0 Å². The van der Waals surface area contributed by atoms with Crippen LogP contribution in [0.15, 0.2) is 6.20 Å². The van der Waals surface area contributed by atoms with Crippen LogP contribution in [-0.2, 0) is 16.6 Å². The molecule has 1 aromatic heterocycles. The summed E-state index contributed by atoms with van der Waals surface area (Å²) in [7, 11) is -3.51. The highest BCUT2D eigenvalue weighted by Gasteiger charge is 2.14. The molecule has 0 atom stereocenters. The molecule has 0 fully saturated rings. The minimum atomic E-state index is -3.51. The first-order valence-corrected chi connectivity index (χ1v) is 6.25. The molecule has 3 N–H and O–H groups in total. The van der Waals surface area contributed by atoms with Crippen molar-refractivity contribution < 1.29 is 8.42 Å². The summed E-state index contributed by atoms with van der Waals surface area (Å²) in [6, 6.07) is -0.143. The largest absolute Gasteiger partial charge is 0.300 e. The molecular formula is C8H16N4O2S. The molecule has 0 aromatic carbocycles. The lowest BCUT2D eigenvalue weighted by atomic mass is 10.3. The van der Waals surface area contributed by atoms with Gasteiger partial charge in [0.2, 0.25) is 0 Å². The maximum atomic E-state index is 11.5. The monoisotopic (exact) mass is 232 g/mol. The molecule has 0 saturated carbocycles. The second kappa shape index (κ2) is 4.63. The average Bonchev–Trinajstić information content (AvgIpc) is 2.48. The molecule has 1 heterocycles. The Labute approximate surface area is 89.6 Å². The highest BCUT2D eigenvalue weighted by molar-refractivity contribution is 7.90. The highest BCUT2D eigenvalue weighted by atomic mass is 32.2. The molecule has 1 rings (SSSR count). The summed E-state index contributed by atoms with van der Waals surface area (Å²) in [4.78, 5) is 0. The van der Waals surface area contributed by atoms with Crippen molar-refractivity contribution in [1.29, 1.82) is 0 Å². The average molecular weight is 232 g/mol. The second-order valence-electron chi connectivity index (χ2n) is 3.50. The van der Waals surface area contributed by atoms with Gasteiger partial charge in [-0.3, -0.25) is 9.82 Å². The van der Waals surface area contributed by atoms with Crippen LogP contribution in [0.4, 0.5) is 5.82 Å². The Kier molecular flexibility index (Phi) is 3.70. The van der Waals surface area contributed by atoms with Crippen molar-refractivity contribution in [1.82, 2.24) is 14.9 Å². The minimum absolute atomic E-state index is 0.143. The van der Waals surface area contributed by atoms with Crippen molar-refractivity contribution in [3.8, 4) is 0 Å². The first-order valence-electron chi connectivity index (χ1n) is 4.77. The fourth-order valence-electron chi connectivity index (χ4n) is 1.14. The summed E-state index contributed by atoms with van der Waals surface area (Å²) < 4.78 is 27.8. The van der Waals surface area contributed by atoms with E-state index in [-0.39, 0.29) is 6.04 Å². The van der Waals surface area contributed by atoms with Crippen LogP contribution >= 0.6 is 0 Å². The van der Waals surface area contributed by atoms with E-state index in [1.165, 1.54) is 0 Å². The van der Waals surface area contributed by atoms with Gasteiger partial charge in [0.05, 0.1) is 6.20 Å². The van der Waals surface area contributed by atoms with Crippen molar-refractivity contribution in [2.45, 2.75) is 33.2 Å². The highest BCUT2D eigenvalue weighted by Crippen LogP contribution is 2.12. The van der Waals surface area contributed by atoms with Gasteiger partial charge in [0.1, 0.15) is 5.82 Å². The van der Waals surface area contributed by atoms with Crippen molar-refractivity contribution in [2.24, 2.45) is 0 Å². The molecule has 7 heteroatoms. The van der Waals surface area contributed by atoms with E-state index in [0.29, 0.717) is 5.82 Å². The van der Waals surface area contributed by atoms with Crippen LogP contribution in [0.5, 0.6) is 0 Å². The van der Waals surface area contributed by atoms with E-state index in [9.17, 15) is 8.42 Å². The molecule has 0 spiro atoms. The van der Waals surface area contributed by atoms with E-state index in [4.69, 9.17) is 0 Å². The summed E-state index contributed by atoms with van der Waals surface area (Å²) in [5, 5.41) is 6.38. The lowest BCUT2D eigenvalue weighted by Crippen LogP contribution is -2.35. The zero-order valence-corrected chi connectivity index (χ0v) is 9.85. The quantitative estimate of drug-likeness (QED) is 0.695. The number of aryl methyl sites for hydroxylation is 1. The predicted molar refractivity (Wildman–Crippen MR) is 58.8 cm³/mol. The maximum Gasteiger partial charge on any atom is 0.300 e. The molecule has 0 unspecified atom stereocenters. The second-order valence-corrected chi connectivity index (χ2v) is 4.95. The van der Waals surface area contributed by atoms with Crippen LogP contribution in [0.1, 0.15) is 26.3 Å². The van der Waals surface area contributed by atoms with Gasteiger partial charge in [-0.1, -0.05) is 6.92 Å². The number of hydrogen-bond donors (Lipinski definition) is 3. The van der Waals surface area contributed by atoms with Gasteiger partial charge < -0.3 is 0 Å². The Hall–Kier alpha value is -1.08. The molecule has 0 aliphatic rings. The third-order valence-electron chi connectivity index (χ3n) is 1.73. The van der Waals surface area contributed by atoms with Crippen LogP contribution in [0.3, 0.4) is 0 Å². The number of hydrogen-bond acceptors (Lipinski definition) is 3. The number of H-pyrrole nitrogens is 1. The summed E-state index contributed by atoms with van der Waals surface area (Å²) in [5.41, 5.74) is 0.837. The third kappa shape index (κ3) is 3.52. The first kappa shape index (κ1) is 12.0. The van der Waals surface area contributed by atoms with E-state index in [1.54, 1.807) is 20.0 Å². The predicted octanol–water partition coefficient (Wildman–Crippen LogP) is 0.627. The zero-order valence-electron chi connectivity index (χ0n) is 9.03. The number of anilines is 1. The Morgan fingerprint density at radius 3 is 2.73 bits per heavy atom. The molecule has 15 heavy (non-hydrogen) atoms. The van der Waals surface area contributed by atoms with Crippen LogP contribution in [0, 0.1) is 0 Å². The number of nitrogens with zero attached hydrogens (tertiary/aromatic N) is 1. The van der Waals surface area contributed by atoms with Gasteiger partial charge >= 0.3 is 0 Å². The van der Waals surface area contributed by atoms with Crippen LogP contribution < -0.4 is 9.44 Å². The number of nitrogens with one attached hydrogen (secondary N) is 3. The van der Waals surface area contributed by atoms with Crippen molar-refractivity contribution in [2.75, 3.05) is 4.72 Å². The summed E-state index contributed by atoms with van der Waals surface area (Å²) in [6.07, 6.45) is 2.32. The van der Waals surface area contributed by atoms with Crippen LogP contribution in [0.25, 0.3) is 0 Å². The van der Waals surface area contributed by atoms with Crippen LogP contribution in [0.2, 0.25) is 0 Å². The molecule has 0 saturated heterocycles. The van der Waals surface area contributed by atoms with Crippen molar-refractivity contribution in [3.05, 3.63) is 11.8 Å². The summed E-state index contributed by atoms with van der Waals surface area (Å²) in [6.45, 7) is 5.44. The number of aromatic amines is 1. The van der Waals surface area contributed by atoms with E-state index in [1.807, 2.05) is 6.92 Å². The molecule has 0 amide bonds. The Morgan fingerprint density at radius 1 is 1.53 bits per heavy atom. The van der Waals surface area contributed by atoms with E-state index >= 15 is 0 Å². The standard InChI is InChI=1S/C8H16N4O2S/c1-4-7-5-9-10-8(7)12-15(13,14)11-6(2)3/h5-6,11H,4H2,1-3H3,(H2,9,10,12). The van der Waals surface area contributed by atoms with E-state index < -0.39 is 10.2 Å². The number of rotatable bonds is 5. The first-order chi connectivity index (χ1) is 6.94. The van der Waals surface area contributed by atoms with E-state index in [2.05, 4.69) is 19.6 Å². The summed E-state index contributed by atoms with van der Waals surface area (Å²) in [5.74, 6) is 0.422. The molecule has 6 nitrogen and oxygen atoms in total. The normalized spacial score (nSPS) is 12.0. The fourth-order valence-corrected chi connectivity index (χ4v) is 2.27. The maximum absolute atomic E-state index is 11.5. The SMILES string of the molecule is CCc1cn[nH]c1NS(=O)(=O)NC(C)C. The number of aromatic nitrogens is 2. The topological polar surface area (TPSA) is 86.9 Å². The van der Waals surface area contributed by atoms with Crippen molar-refractivity contribution >= 4 is 16.0 Å². The van der Waals surface area contributed by atoms with Gasteiger partial charge in [0.25, 0.3) is 10.2 Å². The Balaban J connectivity index is 2.77. The van der Waals surface area contributed by atoms with Gasteiger partial charge in [0, 0.05) is 11.6 Å². The van der Waals surface area contributed by atoms with Gasteiger partial charge in [-0.2, -0.15) is 18.2 Å². The van der Waals surface area contributed by atoms with Gasteiger partial charge in [-0.15, -0.1) is 0 Å².